The van der Waals surface area contributed by atoms with E-state index in [1.165, 1.54) is 12.1 Å². The van der Waals surface area contributed by atoms with Crippen LogP contribution in [0.15, 0.2) is 29.2 Å². The summed E-state index contributed by atoms with van der Waals surface area (Å²) in [6.07, 6.45) is -4.67. The number of hydrogen-bond donors (Lipinski definition) is 4. The molecule has 7 nitrogen and oxygen atoms in total. The molecule has 1 aliphatic heterocycles. The molecule has 0 bridgehead atoms. The van der Waals surface area contributed by atoms with Crippen molar-refractivity contribution in [3.8, 4) is 5.75 Å². The van der Waals surface area contributed by atoms with Crippen molar-refractivity contribution in [1.82, 2.24) is 0 Å². The molecule has 0 spiro atoms. The average Bonchev–Trinajstić information content (AvgIpc) is 2.36. The number of benzene rings is 1. The summed E-state index contributed by atoms with van der Waals surface area (Å²) in [5.74, 6) is -0.0977. The van der Waals surface area contributed by atoms with E-state index in [0.717, 1.165) is 12.1 Å². The summed E-state index contributed by atoms with van der Waals surface area (Å²) in [6.45, 7) is -0.389. The number of rotatable bonds is 2. The third-order valence-corrected chi connectivity index (χ3v) is 4.88. The first-order chi connectivity index (χ1) is 8.84. The number of phenolic OH excluding ortho intramolecular Hbond substituents is 1. The first kappa shape index (κ1) is 14.2. The van der Waals surface area contributed by atoms with Crippen LogP contribution in [0.2, 0.25) is 0 Å². The van der Waals surface area contributed by atoms with Crippen molar-refractivity contribution in [3.05, 3.63) is 24.3 Å². The molecule has 0 unspecified atom stereocenters. The lowest BCUT2D eigenvalue weighted by Crippen LogP contribution is -2.55. The molecule has 1 fully saturated rings. The second-order valence-corrected chi connectivity index (χ2v) is 6.32. The van der Waals surface area contributed by atoms with E-state index >= 15 is 0 Å². The molecule has 1 aromatic carbocycles. The lowest BCUT2D eigenvalue weighted by Gasteiger charge is -2.34. The molecule has 0 amide bonds. The smallest absolute Gasteiger partial charge is 0.207 e. The minimum absolute atomic E-state index is 0.0977. The zero-order valence-electron chi connectivity index (χ0n) is 9.75. The molecule has 2 rings (SSSR count). The van der Waals surface area contributed by atoms with Crippen LogP contribution in [0.4, 0.5) is 0 Å². The van der Waals surface area contributed by atoms with Crippen molar-refractivity contribution < 1.29 is 33.6 Å². The Morgan fingerprint density at radius 2 is 1.63 bits per heavy atom. The number of hydrogen-bond acceptors (Lipinski definition) is 7. The van der Waals surface area contributed by atoms with Crippen LogP contribution in [-0.4, -0.2) is 59.2 Å². The molecule has 8 heteroatoms. The maximum absolute atomic E-state index is 12.2. The van der Waals surface area contributed by atoms with Crippen molar-refractivity contribution in [3.63, 3.8) is 0 Å². The zero-order valence-corrected chi connectivity index (χ0v) is 10.6. The number of sulfone groups is 1. The van der Waals surface area contributed by atoms with E-state index in [-0.39, 0.29) is 17.3 Å². The Hall–Kier alpha value is -1.19. The summed E-state index contributed by atoms with van der Waals surface area (Å²) in [4.78, 5) is -0.155. The third kappa shape index (κ3) is 2.58. The highest BCUT2D eigenvalue weighted by Gasteiger charge is 2.45. The van der Waals surface area contributed by atoms with Crippen LogP contribution in [0.1, 0.15) is 0 Å². The van der Waals surface area contributed by atoms with Crippen molar-refractivity contribution in [2.75, 3.05) is 6.61 Å². The van der Waals surface area contributed by atoms with Gasteiger partial charge in [0.2, 0.25) is 9.84 Å². The van der Waals surface area contributed by atoms with Gasteiger partial charge in [0.25, 0.3) is 0 Å². The summed E-state index contributed by atoms with van der Waals surface area (Å²) in [5, 5.41) is 37.6. The molecule has 0 saturated carbocycles. The molecule has 4 N–H and O–H groups in total. The van der Waals surface area contributed by atoms with Gasteiger partial charge in [-0.2, -0.15) is 0 Å². The van der Waals surface area contributed by atoms with Gasteiger partial charge in [-0.3, -0.25) is 0 Å². The number of ether oxygens (including phenoxy) is 1. The van der Waals surface area contributed by atoms with Crippen LogP contribution < -0.4 is 0 Å². The van der Waals surface area contributed by atoms with Gasteiger partial charge in [0.1, 0.15) is 24.1 Å². The highest BCUT2D eigenvalue weighted by Crippen LogP contribution is 2.26. The molecule has 1 aliphatic rings. The van der Waals surface area contributed by atoms with Gasteiger partial charge in [-0.05, 0) is 24.3 Å². The molecule has 1 saturated heterocycles. The normalized spacial score (nSPS) is 32.2. The van der Waals surface area contributed by atoms with E-state index in [0.29, 0.717) is 0 Å². The second-order valence-electron chi connectivity index (χ2n) is 4.29. The largest absolute Gasteiger partial charge is 0.508 e. The third-order valence-electron chi connectivity index (χ3n) is 2.93. The van der Waals surface area contributed by atoms with Gasteiger partial charge in [0, 0.05) is 0 Å². The van der Waals surface area contributed by atoms with Gasteiger partial charge in [-0.15, -0.1) is 0 Å². The van der Waals surface area contributed by atoms with E-state index < -0.39 is 33.6 Å². The zero-order chi connectivity index (χ0) is 14.2. The predicted octanol–water partition coefficient (Wildman–Crippen LogP) is -1.40. The van der Waals surface area contributed by atoms with Crippen LogP contribution in [-0.2, 0) is 14.6 Å². The Labute approximate surface area is 109 Å². The van der Waals surface area contributed by atoms with Crippen LogP contribution in [0.5, 0.6) is 5.75 Å². The fourth-order valence-corrected chi connectivity index (χ4v) is 3.39. The van der Waals surface area contributed by atoms with Crippen molar-refractivity contribution in [1.29, 1.82) is 0 Å². The lowest BCUT2D eigenvalue weighted by molar-refractivity contribution is -0.163. The monoisotopic (exact) mass is 290 g/mol. The van der Waals surface area contributed by atoms with Gasteiger partial charge in [0.05, 0.1) is 11.5 Å². The Bertz CT molecular complexity index is 539. The highest BCUT2D eigenvalue weighted by atomic mass is 32.2. The van der Waals surface area contributed by atoms with Gasteiger partial charge >= 0.3 is 0 Å². The van der Waals surface area contributed by atoms with Crippen LogP contribution in [0, 0.1) is 0 Å². The van der Waals surface area contributed by atoms with Crippen LogP contribution in [0.3, 0.4) is 0 Å². The van der Waals surface area contributed by atoms with Crippen LogP contribution in [0.25, 0.3) is 0 Å². The van der Waals surface area contributed by atoms with Crippen molar-refractivity contribution in [2.45, 2.75) is 28.6 Å². The van der Waals surface area contributed by atoms with E-state index in [1.54, 1.807) is 0 Å². The maximum Gasteiger partial charge on any atom is 0.207 e. The van der Waals surface area contributed by atoms with Crippen molar-refractivity contribution >= 4 is 9.84 Å². The average molecular weight is 290 g/mol. The molecule has 0 aromatic heterocycles. The van der Waals surface area contributed by atoms with E-state index in [2.05, 4.69) is 0 Å². The highest BCUT2D eigenvalue weighted by molar-refractivity contribution is 7.92. The maximum atomic E-state index is 12.2. The summed E-state index contributed by atoms with van der Waals surface area (Å²) in [5.41, 5.74) is -1.66. The SMILES string of the molecule is O=S(=O)(c1ccc(O)cc1)[C@@H]1OC[C@@H](O)[C@H](O)[C@H]1O. The first-order valence-corrected chi connectivity index (χ1v) is 7.07. The predicted molar refractivity (Wildman–Crippen MR) is 63.1 cm³/mol. The van der Waals surface area contributed by atoms with Gasteiger partial charge in [-0.1, -0.05) is 0 Å². The van der Waals surface area contributed by atoms with E-state index in [4.69, 9.17) is 9.84 Å². The van der Waals surface area contributed by atoms with E-state index in [1.807, 2.05) is 0 Å². The molecular weight excluding hydrogens is 276 g/mol. The Morgan fingerprint density at radius 1 is 1.05 bits per heavy atom. The second kappa shape index (κ2) is 5.06. The fourth-order valence-electron chi connectivity index (χ4n) is 1.82. The molecule has 1 aromatic rings. The summed E-state index contributed by atoms with van der Waals surface area (Å²) >= 11 is 0. The minimum atomic E-state index is -4.04. The number of phenols is 1. The number of aliphatic hydroxyl groups excluding tert-OH is 3. The molecular formula is C11H14O7S. The van der Waals surface area contributed by atoms with Crippen molar-refractivity contribution in [2.24, 2.45) is 0 Å². The fraction of sp³-hybridized carbons (Fsp3) is 0.455. The van der Waals surface area contributed by atoms with Crippen LogP contribution >= 0.6 is 0 Å². The number of aromatic hydroxyl groups is 1. The number of aliphatic hydroxyl groups is 3. The lowest BCUT2D eigenvalue weighted by atomic mass is 10.1. The molecule has 0 radical (unpaired) electrons. The van der Waals surface area contributed by atoms with Gasteiger partial charge < -0.3 is 25.2 Å². The molecule has 19 heavy (non-hydrogen) atoms. The quantitative estimate of drug-likeness (QED) is 0.528. The molecule has 106 valence electrons. The Morgan fingerprint density at radius 3 is 2.21 bits per heavy atom. The standard InChI is InChI=1S/C11H14O7S/c12-6-1-3-7(4-2-6)19(16,17)11-10(15)9(14)8(13)5-18-11/h1-4,8-15H,5H2/t8-,9+,10-,11+/m1/s1. The topological polar surface area (TPSA) is 124 Å². The summed E-state index contributed by atoms with van der Waals surface area (Å²) < 4.78 is 29.3. The Balaban J connectivity index is 2.32. The van der Waals surface area contributed by atoms with E-state index in [9.17, 15) is 23.7 Å². The molecule has 0 aliphatic carbocycles. The molecule has 1 heterocycles. The van der Waals surface area contributed by atoms with Gasteiger partial charge in [0.15, 0.2) is 5.44 Å². The summed E-state index contributed by atoms with van der Waals surface area (Å²) in [6, 6.07) is 4.71. The minimum Gasteiger partial charge on any atom is -0.508 e. The Kier molecular flexibility index (Phi) is 3.79. The van der Waals surface area contributed by atoms with Gasteiger partial charge in [-0.25, -0.2) is 8.42 Å². The molecule has 4 atom stereocenters. The first-order valence-electron chi connectivity index (χ1n) is 5.53. The summed E-state index contributed by atoms with van der Waals surface area (Å²) in [7, 11) is -4.04.